The van der Waals surface area contributed by atoms with E-state index in [2.05, 4.69) is 26.0 Å². The first-order valence-corrected chi connectivity index (χ1v) is 8.06. The van der Waals surface area contributed by atoms with Gasteiger partial charge in [-0.25, -0.2) is 0 Å². The van der Waals surface area contributed by atoms with Crippen molar-refractivity contribution in [3.05, 3.63) is 58.1 Å². The van der Waals surface area contributed by atoms with Crippen molar-refractivity contribution in [1.29, 1.82) is 0 Å². The number of amides is 1. The predicted molar refractivity (Wildman–Crippen MR) is 87.3 cm³/mol. The highest BCUT2D eigenvalue weighted by Crippen LogP contribution is 2.33. The summed E-state index contributed by atoms with van der Waals surface area (Å²) in [5.74, 6) is 0.106. The minimum absolute atomic E-state index is 0.0385. The zero-order valence-corrected chi connectivity index (χ0v) is 14.1. The molecule has 1 heterocycles. The van der Waals surface area contributed by atoms with Crippen LogP contribution in [0.2, 0.25) is 0 Å². The van der Waals surface area contributed by atoms with Crippen LogP contribution in [0, 0.1) is 0 Å². The van der Waals surface area contributed by atoms with Crippen LogP contribution in [-0.2, 0) is 11.3 Å². The van der Waals surface area contributed by atoms with E-state index in [-0.39, 0.29) is 24.8 Å². The summed E-state index contributed by atoms with van der Waals surface area (Å²) in [7, 11) is 0. The monoisotopic (exact) mass is 397 g/mol. The van der Waals surface area contributed by atoms with Crippen LogP contribution in [-0.4, -0.2) is 19.1 Å². The molecular weight excluding hydrogens is 384 g/mol. The van der Waals surface area contributed by atoms with Crippen LogP contribution in [0.1, 0.15) is 17.0 Å². The number of para-hydroxylation sites is 1. The molecule has 1 atom stereocenters. The Labute approximate surface area is 145 Å². The minimum atomic E-state index is -2.92. The van der Waals surface area contributed by atoms with Gasteiger partial charge in [-0.3, -0.25) is 4.79 Å². The first-order valence-electron chi connectivity index (χ1n) is 7.27. The molecule has 126 valence electrons. The van der Waals surface area contributed by atoms with Gasteiger partial charge in [-0.1, -0.05) is 34.1 Å². The van der Waals surface area contributed by atoms with Crippen molar-refractivity contribution in [1.82, 2.24) is 5.32 Å². The maximum atomic E-state index is 12.5. The molecule has 24 heavy (non-hydrogen) atoms. The van der Waals surface area contributed by atoms with Crippen LogP contribution >= 0.6 is 15.9 Å². The fraction of sp³-hybridized carbons (Fsp3) is 0.235. The number of rotatable bonds is 5. The minimum Gasteiger partial charge on any atom is -0.492 e. The lowest BCUT2D eigenvalue weighted by molar-refractivity contribution is -0.122. The third-order valence-electron chi connectivity index (χ3n) is 3.71. The van der Waals surface area contributed by atoms with E-state index < -0.39 is 12.5 Å². The fourth-order valence-electron chi connectivity index (χ4n) is 2.58. The summed E-state index contributed by atoms with van der Waals surface area (Å²) in [4.78, 5) is 12.4. The lowest BCUT2D eigenvalue weighted by atomic mass is 10.0. The Kier molecular flexibility index (Phi) is 4.99. The number of carbonyl (C=O) groups is 1. The van der Waals surface area contributed by atoms with Crippen LogP contribution in [0.4, 0.5) is 8.78 Å². The van der Waals surface area contributed by atoms with Crippen LogP contribution in [0.25, 0.3) is 0 Å². The van der Waals surface area contributed by atoms with Crippen molar-refractivity contribution in [2.24, 2.45) is 0 Å². The highest BCUT2D eigenvalue weighted by molar-refractivity contribution is 9.10. The average molecular weight is 398 g/mol. The van der Waals surface area contributed by atoms with Gasteiger partial charge in [-0.2, -0.15) is 8.78 Å². The van der Waals surface area contributed by atoms with Gasteiger partial charge in [-0.15, -0.1) is 0 Å². The smallest absolute Gasteiger partial charge is 0.387 e. The average Bonchev–Trinajstić information content (AvgIpc) is 2.98. The number of fused-ring (bicyclic) bond motifs is 1. The van der Waals surface area contributed by atoms with Gasteiger partial charge in [0.05, 0.1) is 0 Å². The normalized spacial score (nSPS) is 15.8. The van der Waals surface area contributed by atoms with Crippen LogP contribution < -0.4 is 14.8 Å². The van der Waals surface area contributed by atoms with Gasteiger partial charge in [0.25, 0.3) is 0 Å². The van der Waals surface area contributed by atoms with E-state index in [1.54, 1.807) is 12.1 Å². The molecule has 2 aromatic rings. The highest BCUT2D eigenvalue weighted by atomic mass is 79.9. The Bertz CT molecular complexity index is 754. The molecule has 1 amide bonds. The first-order chi connectivity index (χ1) is 11.5. The number of hydrogen-bond donors (Lipinski definition) is 1. The summed E-state index contributed by atoms with van der Waals surface area (Å²) in [6.45, 7) is -2.57. The maximum Gasteiger partial charge on any atom is 0.387 e. The molecule has 0 aromatic heterocycles. The summed E-state index contributed by atoms with van der Waals surface area (Å²) < 4.78 is 35.6. The Morgan fingerprint density at radius 2 is 2.12 bits per heavy atom. The van der Waals surface area contributed by atoms with Crippen LogP contribution in [0.15, 0.2) is 46.9 Å². The molecule has 0 bridgehead atoms. The SMILES string of the molecule is O=C(NCc1cc(Br)ccc1OC(F)F)C1COc2ccccc21. The fourth-order valence-corrected chi connectivity index (χ4v) is 2.99. The molecule has 1 unspecified atom stereocenters. The molecular formula is C17H14BrF2NO3. The van der Waals surface area contributed by atoms with Crippen molar-refractivity contribution in [2.45, 2.75) is 19.1 Å². The Morgan fingerprint density at radius 1 is 1.33 bits per heavy atom. The quantitative estimate of drug-likeness (QED) is 0.833. The molecule has 0 fully saturated rings. The topological polar surface area (TPSA) is 47.6 Å². The second-order valence-electron chi connectivity index (χ2n) is 5.25. The van der Waals surface area contributed by atoms with E-state index >= 15 is 0 Å². The van der Waals surface area contributed by atoms with E-state index in [4.69, 9.17) is 4.74 Å². The number of benzene rings is 2. The molecule has 1 N–H and O–H groups in total. The van der Waals surface area contributed by atoms with Crippen molar-refractivity contribution in [3.8, 4) is 11.5 Å². The molecule has 0 radical (unpaired) electrons. The number of ether oxygens (including phenoxy) is 2. The maximum absolute atomic E-state index is 12.5. The summed E-state index contributed by atoms with van der Waals surface area (Å²) in [6, 6.07) is 12.0. The molecule has 1 aliphatic rings. The van der Waals surface area contributed by atoms with E-state index in [1.165, 1.54) is 6.07 Å². The highest BCUT2D eigenvalue weighted by Gasteiger charge is 2.29. The summed E-state index contributed by atoms with van der Waals surface area (Å²) in [6.07, 6.45) is 0. The van der Waals surface area contributed by atoms with Crippen LogP contribution in [0.5, 0.6) is 11.5 Å². The Morgan fingerprint density at radius 3 is 2.92 bits per heavy atom. The molecule has 4 nitrogen and oxygen atoms in total. The second kappa shape index (κ2) is 7.17. The van der Waals surface area contributed by atoms with Crippen molar-refractivity contribution in [2.75, 3.05) is 6.61 Å². The van der Waals surface area contributed by atoms with Gasteiger partial charge in [0.15, 0.2) is 0 Å². The molecule has 3 rings (SSSR count). The van der Waals surface area contributed by atoms with Gasteiger partial charge in [-0.05, 0) is 24.3 Å². The molecule has 7 heteroatoms. The summed E-state index contributed by atoms with van der Waals surface area (Å²) >= 11 is 3.28. The molecule has 0 saturated heterocycles. The predicted octanol–water partition coefficient (Wildman–Crippen LogP) is 3.84. The van der Waals surface area contributed by atoms with Crippen molar-refractivity contribution < 1.29 is 23.0 Å². The molecule has 2 aromatic carbocycles. The van der Waals surface area contributed by atoms with Crippen molar-refractivity contribution in [3.63, 3.8) is 0 Å². The largest absolute Gasteiger partial charge is 0.492 e. The van der Waals surface area contributed by atoms with Gasteiger partial charge in [0.1, 0.15) is 24.0 Å². The third-order valence-corrected chi connectivity index (χ3v) is 4.20. The first kappa shape index (κ1) is 16.7. The Hall–Kier alpha value is -2.15. The van der Waals surface area contributed by atoms with Crippen LogP contribution in [0.3, 0.4) is 0 Å². The van der Waals surface area contributed by atoms with E-state index in [1.807, 2.05) is 24.3 Å². The van der Waals surface area contributed by atoms with Crippen molar-refractivity contribution >= 4 is 21.8 Å². The molecule has 1 aliphatic heterocycles. The van der Waals surface area contributed by atoms with Gasteiger partial charge >= 0.3 is 6.61 Å². The number of hydrogen-bond acceptors (Lipinski definition) is 3. The number of halogens is 3. The summed E-state index contributed by atoms with van der Waals surface area (Å²) in [5, 5.41) is 2.76. The molecule has 0 aliphatic carbocycles. The lowest BCUT2D eigenvalue weighted by Gasteiger charge is -2.14. The molecule has 0 spiro atoms. The zero-order valence-electron chi connectivity index (χ0n) is 12.5. The number of alkyl halides is 2. The third kappa shape index (κ3) is 3.67. The van der Waals surface area contributed by atoms with Gasteiger partial charge < -0.3 is 14.8 Å². The molecule has 0 saturated carbocycles. The van der Waals surface area contributed by atoms with Gasteiger partial charge in [0.2, 0.25) is 5.91 Å². The van der Waals surface area contributed by atoms with E-state index in [0.29, 0.717) is 15.8 Å². The lowest BCUT2D eigenvalue weighted by Crippen LogP contribution is -2.30. The van der Waals surface area contributed by atoms with E-state index in [0.717, 1.165) is 5.56 Å². The zero-order chi connectivity index (χ0) is 17.1. The second-order valence-corrected chi connectivity index (χ2v) is 6.17. The van der Waals surface area contributed by atoms with E-state index in [9.17, 15) is 13.6 Å². The summed E-state index contributed by atoms with van der Waals surface area (Å²) in [5.41, 5.74) is 1.29. The van der Waals surface area contributed by atoms with Gasteiger partial charge in [0, 0.05) is 22.1 Å². The number of nitrogens with one attached hydrogen (secondary N) is 1. The Balaban J connectivity index is 1.70. The number of carbonyl (C=O) groups excluding carboxylic acids is 1. The standard InChI is InChI=1S/C17H14BrF2NO3/c18-11-5-6-14(24-17(19)20)10(7-11)8-21-16(22)13-9-23-15-4-2-1-3-12(13)15/h1-7,13,17H,8-9H2,(H,21,22).